The Labute approximate surface area is 156 Å². The van der Waals surface area contributed by atoms with E-state index in [4.69, 9.17) is 16.3 Å². The Morgan fingerprint density at radius 3 is 2.69 bits per heavy atom. The summed E-state index contributed by atoms with van der Waals surface area (Å²) in [5, 5.41) is 13.8. The lowest BCUT2D eigenvalue weighted by Crippen LogP contribution is -2.25. The van der Waals surface area contributed by atoms with Gasteiger partial charge in [-0.05, 0) is 37.6 Å². The Kier molecular flexibility index (Phi) is 6.36. The van der Waals surface area contributed by atoms with Crippen molar-refractivity contribution >= 4 is 29.3 Å². The minimum atomic E-state index is -0.564. The molecule has 1 N–H and O–H groups in total. The Morgan fingerprint density at radius 2 is 2.04 bits per heavy atom. The Balaban J connectivity index is 2.11. The van der Waals surface area contributed by atoms with Crippen LogP contribution in [0.4, 0.5) is 5.69 Å². The molecule has 0 aliphatic rings. The third-order valence-electron chi connectivity index (χ3n) is 3.80. The first-order valence-electron chi connectivity index (χ1n) is 7.89. The first-order valence-corrected chi connectivity index (χ1v) is 8.26. The number of hydrogen-bond acceptors (Lipinski definition) is 4. The molecule has 0 fully saturated rings. The summed E-state index contributed by atoms with van der Waals surface area (Å²) in [4.78, 5) is 22.5. The number of rotatable bonds is 6. The summed E-state index contributed by atoms with van der Waals surface area (Å²) in [5.74, 6) is 0.374. The lowest BCUT2D eigenvalue weighted by atomic mass is 10.0. The van der Waals surface area contributed by atoms with Crippen LogP contribution in [0.25, 0.3) is 6.08 Å². The number of nitrogens with zero attached hydrogens (tertiary/aromatic N) is 1. The molecule has 2 aromatic carbocycles. The number of benzene rings is 2. The highest BCUT2D eigenvalue weighted by molar-refractivity contribution is 6.32. The number of aryl methyl sites for hydroxylation is 1. The van der Waals surface area contributed by atoms with Crippen LogP contribution < -0.4 is 10.1 Å². The van der Waals surface area contributed by atoms with Gasteiger partial charge in [0.05, 0.1) is 18.1 Å². The molecule has 1 amide bonds. The van der Waals surface area contributed by atoms with Crippen molar-refractivity contribution in [1.29, 1.82) is 0 Å². The highest BCUT2D eigenvalue weighted by atomic mass is 35.5. The maximum absolute atomic E-state index is 12.2. The summed E-state index contributed by atoms with van der Waals surface area (Å²) in [6.45, 7) is 3.82. The number of nitro benzene ring substituents is 1. The number of amides is 1. The van der Waals surface area contributed by atoms with Crippen molar-refractivity contribution in [2.45, 2.75) is 19.9 Å². The summed E-state index contributed by atoms with van der Waals surface area (Å²) < 4.78 is 5.33. The van der Waals surface area contributed by atoms with E-state index >= 15 is 0 Å². The van der Waals surface area contributed by atoms with Crippen LogP contribution in [0, 0.1) is 17.0 Å². The first-order chi connectivity index (χ1) is 12.3. The molecule has 0 saturated heterocycles. The number of halogens is 1. The van der Waals surface area contributed by atoms with Gasteiger partial charge < -0.3 is 10.1 Å². The zero-order chi connectivity index (χ0) is 19.3. The van der Waals surface area contributed by atoms with Crippen molar-refractivity contribution in [2.75, 3.05) is 7.11 Å². The molecular weight excluding hydrogens is 356 g/mol. The highest BCUT2D eigenvalue weighted by Gasteiger charge is 2.14. The van der Waals surface area contributed by atoms with Crippen molar-refractivity contribution in [3.05, 3.63) is 74.3 Å². The zero-order valence-corrected chi connectivity index (χ0v) is 15.4. The van der Waals surface area contributed by atoms with Gasteiger partial charge in [-0.3, -0.25) is 14.9 Å². The third-order valence-corrected chi connectivity index (χ3v) is 4.12. The van der Waals surface area contributed by atoms with Crippen LogP contribution >= 0.6 is 11.6 Å². The molecule has 26 heavy (non-hydrogen) atoms. The standard InChI is InChI=1S/C19H19ClN2O4/c1-12-4-8-18(26-3)15(10-12)13(2)21-19(23)9-6-14-5-7-16(20)17(11-14)22(24)25/h4-11,13H,1-3H3,(H,21,23)/b9-6+. The molecule has 0 saturated carbocycles. The van der Waals surface area contributed by atoms with Crippen LogP contribution in [-0.2, 0) is 4.79 Å². The summed E-state index contributed by atoms with van der Waals surface area (Å²) >= 11 is 5.77. The number of carbonyl (C=O) groups is 1. The summed E-state index contributed by atoms with van der Waals surface area (Å²) in [7, 11) is 1.58. The number of nitro groups is 1. The normalized spacial score (nSPS) is 12.0. The fourth-order valence-corrected chi connectivity index (χ4v) is 2.66. The van der Waals surface area contributed by atoms with Gasteiger partial charge in [0.1, 0.15) is 10.8 Å². The number of carbonyl (C=O) groups excluding carboxylic acids is 1. The Morgan fingerprint density at radius 1 is 1.31 bits per heavy atom. The summed E-state index contributed by atoms with van der Waals surface area (Å²) in [6, 6.07) is 9.83. The van der Waals surface area contributed by atoms with Gasteiger partial charge >= 0.3 is 0 Å². The maximum Gasteiger partial charge on any atom is 0.288 e. The monoisotopic (exact) mass is 374 g/mol. The summed E-state index contributed by atoms with van der Waals surface area (Å²) in [6.07, 6.45) is 2.82. The number of methoxy groups -OCH3 is 1. The van der Waals surface area contributed by atoms with E-state index in [-0.39, 0.29) is 22.7 Å². The zero-order valence-electron chi connectivity index (χ0n) is 14.7. The lowest BCUT2D eigenvalue weighted by Gasteiger charge is -2.17. The van der Waals surface area contributed by atoms with Gasteiger partial charge in [0.25, 0.3) is 5.69 Å². The molecule has 136 valence electrons. The molecule has 6 nitrogen and oxygen atoms in total. The van der Waals surface area contributed by atoms with Crippen LogP contribution in [0.15, 0.2) is 42.5 Å². The second kappa shape index (κ2) is 8.49. The largest absolute Gasteiger partial charge is 0.496 e. The van der Waals surface area contributed by atoms with Gasteiger partial charge in [-0.15, -0.1) is 0 Å². The number of hydrogen-bond donors (Lipinski definition) is 1. The van der Waals surface area contributed by atoms with Crippen molar-refractivity contribution in [3.63, 3.8) is 0 Å². The van der Waals surface area contributed by atoms with Gasteiger partial charge in [0, 0.05) is 17.7 Å². The van der Waals surface area contributed by atoms with Crippen LogP contribution in [0.2, 0.25) is 5.02 Å². The minimum absolute atomic E-state index is 0.0526. The average Bonchev–Trinajstić information content (AvgIpc) is 2.60. The topological polar surface area (TPSA) is 81.5 Å². The van der Waals surface area contributed by atoms with Crippen molar-refractivity contribution in [3.8, 4) is 5.75 Å². The highest BCUT2D eigenvalue weighted by Crippen LogP contribution is 2.27. The third kappa shape index (κ3) is 4.83. The average molecular weight is 375 g/mol. The van der Waals surface area contributed by atoms with Crippen LogP contribution in [0.5, 0.6) is 5.75 Å². The van der Waals surface area contributed by atoms with E-state index in [1.54, 1.807) is 13.2 Å². The molecule has 0 aliphatic carbocycles. The van der Waals surface area contributed by atoms with Gasteiger partial charge in [-0.25, -0.2) is 0 Å². The predicted molar refractivity (Wildman–Crippen MR) is 101 cm³/mol. The van der Waals surface area contributed by atoms with E-state index in [1.807, 2.05) is 32.0 Å². The Hall–Kier alpha value is -2.86. The smallest absolute Gasteiger partial charge is 0.288 e. The van der Waals surface area contributed by atoms with E-state index in [0.29, 0.717) is 11.3 Å². The quantitative estimate of drug-likeness (QED) is 0.460. The van der Waals surface area contributed by atoms with E-state index in [1.165, 1.54) is 24.3 Å². The van der Waals surface area contributed by atoms with Crippen molar-refractivity contribution in [1.82, 2.24) is 5.32 Å². The molecule has 2 aromatic rings. The van der Waals surface area contributed by atoms with Crippen molar-refractivity contribution in [2.24, 2.45) is 0 Å². The number of ether oxygens (including phenoxy) is 1. The van der Waals surface area contributed by atoms with Gasteiger partial charge in [0.2, 0.25) is 5.91 Å². The maximum atomic E-state index is 12.2. The van der Waals surface area contributed by atoms with Gasteiger partial charge in [-0.2, -0.15) is 0 Å². The van der Waals surface area contributed by atoms with Gasteiger partial charge in [-0.1, -0.05) is 35.4 Å². The fourth-order valence-electron chi connectivity index (χ4n) is 2.48. The summed E-state index contributed by atoms with van der Waals surface area (Å²) in [5.41, 5.74) is 2.24. The van der Waals surface area contributed by atoms with E-state index in [2.05, 4.69) is 5.32 Å². The predicted octanol–water partition coefficient (Wildman–Crippen LogP) is 4.46. The molecule has 0 radical (unpaired) electrons. The fraction of sp³-hybridized carbons (Fsp3) is 0.211. The van der Waals surface area contributed by atoms with E-state index < -0.39 is 4.92 Å². The minimum Gasteiger partial charge on any atom is -0.496 e. The molecule has 0 aliphatic heterocycles. The molecule has 0 bridgehead atoms. The molecule has 1 atom stereocenters. The molecule has 0 spiro atoms. The van der Waals surface area contributed by atoms with Crippen LogP contribution in [0.1, 0.15) is 29.7 Å². The molecule has 0 heterocycles. The lowest BCUT2D eigenvalue weighted by molar-refractivity contribution is -0.384. The first kappa shape index (κ1) is 19.5. The van der Waals surface area contributed by atoms with Crippen molar-refractivity contribution < 1.29 is 14.5 Å². The molecule has 2 rings (SSSR count). The molecule has 0 aromatic heterocycles. The SMILES string of the molecule is COc1ccc(C)cc1C(C)NC(=O)/C=C/c1ccc(Cl)c([N+](=O)[O-])c1. The molecular formula is C19H19ClN2O4. The van der Waals surface area contributed by atoms with E-state index in [9.17, 15) is 14.9 Å². The van der Waals surface area contributed by atoms with Crippen LogP contribution in [-0.4, -0.2) is 17.9 Å². The Bertz CT molecular complexity index is 865. The van der Waals surface area contributed by atoms with E-state index in [0.717, 1.165) is 11.1 Å². The molecule has 1 unspecified atom stereocenters. The van der Waals surface area contributed by atoms with Gasteiger partial charge in [0.15, 0.2) is 0 Å². The second-order valence-electron chi connectivity index (χ2n) is 5.78. The second-order valence-corrected chi connectivity index (χ2v) is 6.18. The van der Waals surface area contributed by atoms with Crippen LogP contribution in [0.3, 0.4) is 0 Å². The number of nitrogens with one attached hydrogen (secondary N) is 1. The molecule has 7 heteroatoms.